The van der Waals surface area contributed by atoms with Gasteiger partial charge in [-0.1, -0.05) is 41.4 Å². The minimum Gasteiger partial charge on any atom is -0.428 e. The highest BCUT2D eigenvalue weighted by atomic mass is 35.5. The molecule has 1 aliphatic heterocycles. The average molecular weight is 307 g/mol. The van der Waals surface area contributed by atoms with Gasteiger partial charge in [0, 0.05) is 26.9 Å². The molecule has 0 bridgehead atoms. The van der Waals surface area contributed by atoms with E-state index in [9.17, 15) is 9.82 Å². The number of fused-ring (bicyclic) bond motifs is 1. The van der Waals surface area contributed by atoms with Crippen LogP contribution >= 0.6 is 23.2 Å². The first-order valence-electron chi connectivity index (χ1n) is 5.90. The molecule has 0 unspecified atom stereocenters. The molecule has 3 rings (SSSR count). The summed E-state index contributed by atoms with van der Waals surface area (Å²) in [6, 6.07) is 11.5. The monoisotopic (exact) mass is 306 g/mol. The van der Waals surface area contributed by atoms with E-state index in [-0.39, 0.29) is 0 Å². The Hall–Kier alpha value is -1.69. The number of benzene rings is 2. The molecular formula is C13H9BCl2N2O2. The molecule has 0 saturated carbocycles. The average Bonchev–Trinajstić information content (AvgIpc) is 2.38. The molecule has 2 amide bonds. The molecular weight excluding hydrogens is 298 g/mol. The molecule has 0 radical (unpaired) electrons. The first-order chi connectivity index (χ1) is 9.58. The summed E-state index contributed by atoms with van der Waals surface area (Å²) in [5, 5.41) is 13.8. The topological polar surface area (TPSA) is 52.6 Å². The SMILES string of the molecule is O=C1Nc2cc(Cl)cc(Cl)c2B(O)N1c1ccccc1. The first-order valence-corrected chi connectivity index (χ1v) is 6.66. The molecule has 100 valence electrons. The number of anilines is 2. The molecule has 2 aromatic carbocycles. The summed E-state index contributed by atoms with van der Waals surface area (Å²) in [5.41, 5.74) is 1.43. The number of hydrogen-bond acceptors (Lipinski definition) is 2. The second kappa shape index (κ2) is 5.02. The Balaban J connectivity index is 2.11. The van der Waals surface area contributed by atoms with E-state index in [1.807, 2.05) is 6.07 Å². The Morgan fingerprint density at radius 3 is 2.55 bits per heavy atom. The van der Waals surface area contributed by atoms with Gasteiger partial charge in [0.2, 0.25) is 0 Å². The normalized spacial score (nSPS) is 14.1. The minimum absolute atomic E-state index is 0.306. The van der Waals surface area contributed by atoms with Gasteiger partial charge in [-0.3, -0.25) is 0 Å². The van der Waals surface area contributed by atoms with Gasteiger partial charge in [-0.2, -0.15) is 0 Å². The number of para-hydroxylation sites is 1. The Labute approximate surface area is 126 Å². The van der Waals surface area contributed by atoms with Crippen LogP contribution in [-0.4, -0.2) is 18.1 Å². The zero-order valence-corrected chi connectivity index (χ0v) is 11.7. The molecule has 0 fully saturated rings. The number of hydrogen-bond donors (Lipinski definition) is 2. The van der Waals surface area contributed by atoms with Crippen LogP contribution in [0.1, 0.15) is 0 Å². The van der Waals surface area contributed by atoms with E-state index in [0.717, 1.165) is 0 Å². The summed E-state index contributed by atoms with van der Waals surface area (Å²) in [7, 11) is -1.16. The lowest BCUT2D eigenvalue weighted by atomic mass is 9.69. The zero-order chi connectivity index (χ0) is 14.3. The van der Waals surface area contributed by atoms with Crippen LogP contribution in [0.25, 0.3) is 0 Å². The number of carbonyl (C=O) groups excluding carboxylic acids is 1. The fraction of sp³-hybridized carbons (Fsp3) is 0. The van der Waals surface area contributed by atoms with Crippen LogP contribution in [0.15, 0.2) is 42.5 Å². The third-order valence-corrected chi connectivity index (χ3v) is 3.62. The molecule has 7 heteroatoms. The van der Waals surface area contributed by atoms with Gasteiger partial charge in [0.05, 0.1) is 0 Å². The number of nitrogens with one attached hydrogen (secondary N) is 1. The number of urea groups is 1. The van der Waals surface area contributed by atoms with Crippen molar-refractivity contribution in [3.63, 3.8) is 0 Å². The quantitative estimate of drug-likeness (QED) is 0.796. The van der Waals surface area contributed by atoms with Crippen molar-refractivity contribution in [2.45, 2.75) is 0 Å². The lowest BCUT2D eigenvalue weighted by Crippen LogP contribution is -2.58. The molecule has 4 nitrogen and oxygen atoms in total. The fourth-order valence-corrected chi connectivity index (χ4v) is 2.80. The van der Waals surface area contributed by atoms with Gasteiger partial charge in [0.25, 0.3) is 0 Å². The molecule has 2 aromatic rings. The van der Waals surface area contributed by atoms with Gasteiger partial charge in [0.1, 0.15) is 0 Å². The van der Waals surface area contributed by atoms with E-state index in [4.69, 9.17) is 23.2 Å². The van der Waals surface area contributed by atoms with E-state index in [1.54, 1.807) is 30.3 Å². The first kappa shape index (κ1) is 13.3. The van der Waals surface area contributed by atoms with Crippen LogP contribution < -0.4 is 15.6 Å². The smallest absolute Gasteiger partial charge is 0.428 e. The zero-order valence-electron chi connectivity index (χ0n) is 10.2. The van der Waals surface area contributed by atoms with Gasteiger partial charge in [-0.25, -0.2) is 4.79 Å². The highest BCUT2D eigenvalue weighted by Crippen LogP contribution is 2.27. The minimum atomic E-state index is -1.16. The van der Waals surface area contributed by atoms with Crippen molar-refractivity contribution < 1.29 is 9.82 Å². The molecule has 2 N–H and O–H groups in total. The summed E-state index contributed by atoms with van der Waals surface area (Å²) >= 11 is 12.0. The van der Waals surface area contributed by atoms with Gasteiger partial charge < -0.3 is 15.2 Å². The second-order valence-corrected chi connectivity index (χ2v) is 5.20. The maximum atomic E-state index is 12.2. The summed E-state index contributed by atoms with van der Waals surface area (Å²) in [5.74, 6) is 0. The summed E-state index contributed by atoms with van der Waals surface area (Å²) < 4.78 is 0. The number of carbonyl (C=O) groups is 1. The fourth-order valence-electron chi connectivity index (χ4n) is 2.21. The molecule has 20 heavy (non-hydrogen) atoms. The van der Waals surface area contributed by atoms with E-state index >= 15 is 0 Å². The number of halogens is 2. The van der Waals surface area contributed by atoms with Gasteiger partial charge in [-0.15, -0.1) is 0 Å². The lowest BCUT2D eigenvalue weighted by molar-refractivity contribution is 0.259. The van der Waals surface area contributed by atoms with Crippen molar-refractivity contribution in [1.29, 1.82) is 0 Å². The molecule has 1 aliphatic rings. The van der Waals surface area contributed by atoms with E-state index in [1.165, 1.54) is 10.9 Å². The predicted octanol–water partition coefficient (Wildman–Crippen LogP) is 2.73. The number of nitrogens with zero attached hydrogens (tertiary/aromatic N) is 1. The van der Waals surface area contributed by atoms with Crippen molar-refractivity contribution in [3.05, 3.63) is 52.5 Å². The van der Waals surface area contributed by atoms with E-state index < -0.39 is 13.1 Å². The Kier molecular flexibility index (Phi) is 3.34. The van der Waals surface area contributed by atoms with E-state index in [0.29, 0.717) is 26.9 Å². The standard InChI is InChI=1S/C13H9BCl2N2O2/c15-8-6-10(16)12-11(7-8)17-13(19)18(14(12)20)9-4-2-1-3-5-9/h1-7,20H,(H,17,19). The predicted molar refractivity (Wildman–Crippen MR) is 82.0 cm³/mol. The van der Waals surface area contributed by atoms with Crippen molar-refractivity contribution >= 4 is 53.1 Å². The number of rotatable bonds is 1. The van der Waals surface area contributed by atoms with Crippen molar-refractivity contribution in [2.24, 2.45) is 0 Å². The van der Waals surface area contributed by atoms with Crippen LogP contribution in [-0.2, 0) is 0 Å². The lowest BCUT2D eigenvalue weighted by Gasteiger charge is -2.32. The van der Waals surface area contributed by atoms with Gasteiger partial charge >= 0.3 is 13.1 Å². The van der Waals surface area contributed by atoms with Crippen LogP contribution in [0.5, 0.6) is 0 Å². The second-order valence-electron chi connectivity index (χ2n) is 4.36. The highest BCUT2D eigenvalue weighted by molar-refractivity contribution is 6.79. The maximum absolute atomic E-state index is 12.2. The van der Waals surface area contributed by atoms with E-state index in [2.05, 4.69) is 5.32 Å². The molecule has 1 heterocycles. The largest absolute Gasteiger partial charge is 0.461 e. The third kappa shape index (κ3) is 2.14. The van der Waals surface area contributed by atoms with Crippen LogP contribution in [0.2, 0.25) is 10.0 Å². The van der Waals surface area contributed by atoms with Crippen LogP contribution in [0, 0.1) is 0 Å². The molecule has 0 saturated heterocycles. The van der Waals surface area contributed by atoms with Gasteiger partial charge in [-0.05, 0) is 24.3 Å². The molecule has 0 aliphatic carbocycles. The number of amides is 2. The molecule has 0 atom stereocenters. The third-order valence-electron chi connectivity index (χ3n) is 3.09. The summed E-state index contributed by atoms with van der Waals surface area (Å²) in [6.07, 6.45) is 0. The van der Waals surface area contributed by atoms with Gasteiger partial charge in [0.15, 0.2) is 0 Å². The maximum Gasteiger partial charge on any atom is 0.461 e. The highest BCUT2D eigenvalue weighted by Gasteiger charge is 2.38. The van der Waals surface area contributed by atoms with Crippen molar-refractivity contribution in [2.75, 3.05) is 10.1 Å². The Morgan fingerprint density at radius 1 is 1.15 bits per heavy atom. The van der Waals surface area contributed by atoms with Crippen molar-refractivity contribution in [1.82, 2.24) is 0 Å². The summed E-state index contributed by atoms with van der Waals surface area (Å²) in [6.45, 7) is 0. The summed E-state index contributed by atoms with van der Waals surface area (Å²) in [4.78, 5) is 13.4. The van der Waals surface area contributed by atoms with Crippen LogP contribution in [0.3, 0.4) is 0 Å². The molecule has 0 aromatic heterocycles. The Bertz CT molecular complexity index is 682. The van der Waals surface area contributed by atoms with Crippen molar-refractivity contribution in [3.8, 4) is 0 Å². The van der Waals surface area contributed by atoms with Crippen LogP contribution in [0.4, 0.5) is 16.2 Å². The molecule has 0 spiro atoms. The Morgan fingerprint density at radius 2 is 1.85 bits per heavy atom.